The van der Waals surface area contributed by atoms with Crippen LogP contribution in [0, 0.1) is 20.8 Å². The normalized spacial score (nSPS) is 18.7. The third kappa shape index (κ3) is 4.67. The van der Waals surface area contributed by atoms with Gasteiger partial charge in [0.15, 0.2) is 5.16 Å². The minimum Gasteiger partial charge on any atom is -0.495 e. The van der Waals surface area contributed by atoms with E-state index in [-0.39, 0.29) is 29.4 Å². The summed E-state index contributed by atoms with van der Waals surface area (Å²) in [7, 11) is 1.59. The van der Waals surface area contributed by atoms with Crippen LogP contribution in [0.25, 0.3) is 15.9 Å². The summed E-state index contributed by atoms with van der Waals surface area (Å²) in [5, 5.41) is 1.10. The van der Waals surface area contributed by atoms with Crippen LogP contribution in [0.1, 0.15) is 29.9 Å². The van der Waals surface area contributed by atoms with E-state index in [1.165, 1.54) is 23.1 Å². The average molecular weight is 488 g/mol. The van der Waals surface area contributed by atoms with Crippen molar-refractivity contribution < 1.29 is 14.3 Å². The van der Waals surface area contributed by atoms with Gasteiger partial charge >= 0.3 is 0 Å². The van der Waals surface area contributed by atoms with E-state index < -0.39 is 0 Å². The van der Waals surface area contributed by atoms with Crippen LogP contribution in [0.2, 0.25) is 0 Å². The smallest absolute Gasteiger partial charge is 0.267 e. The van der Waals surface area contributed by atoms with Crippen LogP contribution in [-0.2, 0) is 9.53 Å². The van der Waals surface area contributed by atoms with E-state index in [1.807, 2.05) is 57.7 Å². The number of ether oxygens (including phenoxy) is 2. The first kappa shape index (κ1) is 23.8. The molecule has 0 aliphatic carbocycles. The molecule has 4 rings (SSSR count). The number of carbonyl (C=O) groups excluding carboxylic acids is 1. The number of rotatable bonds is 5. The first-order valence-electron chi connectivity index (χ1n) is 10.9. The SMILES string of the molecule is COc1ccc(C)cc1-n1c(SCC(=O)N2C[C@@H](C)O[C@@H](C)C2)nc2sc(C)c(C)c2c1=O. The summed E-state index contributed by atoms with van der Waals surface area (Å²) < 4.78 is 12.9. The molecule has 2 aromatic heterocycles. The number of hydrogen-bond acceptors (Lipinski definition) is 7. The van der Waals surface area contributed by atoms with Crippen molar-refractivity contribution in [3.05, 3.63) is 44.6 Å². The van der Waals surface area contributed by atoms with Crippen LogP contribution < -0.4 is 10.3 Å². The molecule has 2 atom stereocenters. The minimum atomic E-state index is -0.144. The Balaban J connectivity index is 1.78. The zero-order valence-electron chi connectivity index (χ0n) is 19.8. The Morgan fingerprint density at radius 2 is 1.94 bits per heavy atom. The lowest BCUT2D eigenvalue weighted by Gasteiger charge is -2.35. The highest BCUT2D eigenvalue weighted by molar-refractivity contribution is 7.99. The average Bonchev–Trinajstić information content (AvgIpc) is 3.05. The molecule has 0 unspecified atom stereocenters. The molecular weight excluding hydrogens is 458 g/mol. The maximum absolute atomic E-state index is 13.7. The quantitative estimate of drug-likeness (QED) is 0.398. The number of aryl methyl sites for hydroxylation is 3. The fourth-order valence-corrected chi connectivity index (χ4v) is 6.14. The van der Waals surface area contributed by atoms with Gasteiger partial charge in [-0.25, -0.2) is 4.98 Å². The van der Waals surface area contributed by atoms with Crippen molar-refractivity contribution in [3.63, 3.8) is 0 Å². The molecule has 1 saturated heterocycles. The van der Waals surface area contributed by atoms with Gasteiger partial charge in [-0.2, -0.15) is 0 Å². The van der Waals surface area contributed by atoms with Gasteiger partial charge in [-0.05, 0) is 57.9 Å². The fraction of sp³-hybridized carbons (Fsp3) is 0.458. The van der Waals surface area contributed by atoms with Gasteiger partial charge in [0.05, 0.1) is 36.1 Å². The summed E-state index contributed by atoms with van der Waals surface area (Å²) >= 11 is 2.79. The molecule has 0 saturated carbocycles. The van der Waals surface area contributed by atoms with Crippen molar-refractivity contribution in [2.75, 3.05) is 26.0 Å². The molecule has 1 fully saturated rings. The Morgan fingerprint density at radius 3 is 2.61 bits per heavy atom. The zero-order chi connectivity index (χ0) is 23.9. The van der Waals surface area contributed by atoms with E-state index in [0.29, 0.717) is 39.9 Å². The van der Waals surface area contributed by atoms with E-state index in [4.69, 9.17) is 14.5 Å². The summed E-state index contributed by atoms with van der Waals surface area (Å²) in [5.74, 6) is 0.782. The highest BCUT2D eigenvalue weighted by Gasteiger charge is 2.27. The third-order valence-corrected chi connectivity index (χ3v) is 7.87. The van der Waals surface area contributed by atoms with Crippen molar-refractivity contribution in [3.8, 4) is 11.4 Å². The first-order chi connectivity index (χ1) is 15.7. The highest BCUT2D eigenvalue weighted by atomic mass is 32.2. The number of thiophene rings is 1. The molecule has 0 N–H and O–H groups in total. The molecule has 7 nitrogen and oxygen atoms in total. The molecule has 1 aliphatic heterocycles. The molecule has 0 bridgehead atoms. The number of nitrogens with zero attached hydrogens (tertiary/aromatic N) is 3. The number of benzene rings is 1. The van der Waals surface area contributed by atoms with Gasteiger partial charge in [-0.3, -0.25) is 14.2 Å². The molecule has 33 heavy (non-hydrogen) atoms. The van der Waals surface area contributed by atoms with Crippen LogP contribution in [0.15, 0.2) is 28.2 Å². The third-order valence-electron chi connectivity index (χ3n) is 5.84. The molecule has 0 spiro atoms. The fourth-order valence-electron chi connectivity index (χ4n) is 4.16. The number of thioether (sulfide) groups is 1. The van der Waals surface area contributed by atoms with Crippen molar-refractivity contribution in [2.24, 2.45) is 0 Å². The highest BCUT2D eigenvalue weighted by Crippen LogP contribution is 2.32. The molecular formula is C24H29N3O4S2. The predicted molar refractivity (Wildman–Crippen MR) is 133 cm³/mol. The second-order valence-electron chi connectivity index (χ2n) is 8.52. The molecule has 176 valence electrons. The van der Waals surface area contributed by atoms with E-state index in [9.17, 15) is 9.59 Å². The van der Waals surface area contributed by atoms with Gasteiger partial charge in [-0.15, -0.1) is 11.3 Å². The maximum Gasteiger partial charge on any atom is 0.267 e. The van der Waals surface area contributed by atoms with Gasteiger partial charge in [0, 0.05) is 18.0 Å². The molecule has 0 radical (unpaired) electrons. The van der Waals surface area contributed by atoms with Gasteiger partial charge in [0.25, 0.3) is 5.56 Å². The molecule has 1 aliphatic rings. The van der Waals surface area contributed by atoms with Crippen molar-refractivity contribution in [1.29, 1.82) is 0 Å². The number of methoxy groups -OCH3 is 1. The van der Waals surface area contributed by atoms with Crippen molar-refractivity contribution in [2.45, 2.75) is 52.0 Å². The van der Waals surface area contributed by atoms with E-state index >= 15 is 0 Å². The Hall–Kier alpha value is -2.36. The standard InChI is InChI=1S/C24H29N3O4S2/c1-13-7-8-19(30-6)18(9-13)27-23(29)21-16(4)17(5)33-22(21)25-24(27)32-12-20(28)26-10-14(2)31-15(3)11-26/h7-9,14-15H,10-12H2,1-6H3/t14-,15+. The number of morpholine rings is 1. The summed E-state index contributed by atoms with van der Waals surface area (Å²) in [5.41, 5.74) is 2.43. The van der Waals surface area contributed by atoms with E-state index in [2.05, 4.69) is 0 Å². The second-order valence-corrected chi connectivity index (χ2v) is 10.7. The Labute approximate surface area is 201 Å². The van der Waals surface area contributed by atoms with Crippen molar-refractivity contribution >= 4 is 39.2 Å². The Morgan fingerprint density at radius 1 is 1.24 bits per heavy atom. The molecule has 9 heteroatoms. The Bertz CT molecular complexity index is 1260. The second kappa shape index (κ2) is 9.48. The van der Waals surface area contributed by atoms with Crippen LogP contribution in [0.5, 0.6) is 5.75 Å². The van der Waals surface area contributed by atoms with E-state index in [1.54, 1.807) is 11.7 Å². The topological polar surface area (TPSA) is 73.7 Å². The van der Waals surface area contributed by atoms with Gasteiger partial charge in [-0.1, -0.05) is 17.8 Å². The lowest BCUT2D eigenvalue weighted by atomic mass is 10.2. The van der Waals surface area contributed by atoms with E-state index in [0.717, 1.165) is 16.0 Å². The van der Waals surface area contributed by atoms with Crippen LogP contribution in [-0.4, -0.2) is 58.5 Å². The number of hydrogen-bond donors (Lipinski definition) is 0. The lowest BCUT2D eigenvalue weighted by Crippen LogP contribution is -2.48. The summed E-state index contributed by atoms with van der Waals surface area (Å²) in [6, 6.07) is 5.71. The number of aromatic nitrogens is 2. The molecule has 1 aromatic carbocycles. The lowest BCUT2D eigenvalue weighted by molar-refractivity contribution is -0.140. The summed E-state index contributed by atoms with van der Waals surface area (Å²) in [4.78, 5) is 35.2. The van der Waals surface area contributed by atoms with Gasteiger partial charge in [0.2, 0.25) is 5.91 Å². The molecule has 3 aromatic rings. The minimum absolute atomic E-state index is 0.00369. The summed E-state index contributed by atoms with van der Waals surface area (Å²) in [6.07, 6.45) is 0.00737. The van der Waals surface area contributed by atoms with Crippen LogP contribution in [0.3, 0.4) is 0 Å². The number of amides is 1. The summed E-state index contributed by atoms with van der Waals surface area (Å²) in [6.45, 7) is 11.0. The number of carbonyl (C=O) groups is 1. The van der Waals surface area contributed by atoms with Gasteiger partial charge < -0.3 is 14.4 Å². The monoisotopic (exact) mass is 487 g/mol. The molecule has 1 amide bonds. The maximum atomic E-state index is 13.7. The van der Waals surface area contributed by atoms with Crippen molar-refractivity contribution in [1.82, 2.24) is 14.5 Å². The van der Waals surface area contributed by atoms with Crippen LogP contribution in [0.4, 0.5) is 0 Å². The number of fused-ring (bicyclic) bond motifs is 1. The molecule has 3 heterocycles. The largest absolute Gasteiger partial charge is 0.495 e. The van der Waals surface area contributed by atoms with Crippen LogP contribution >= 0.6 is 23.1 Å². The predicted octanol–water partition coefficient (Wildman–Crippen LogP) is 4.11. The first-order valence-corrected chi connectivity index (χ1v) is 12.7. The van der Waals surface area contributed by atoms with Gasteiger partial charge in [0.1, 0.15) is 10.6 Å². The zero-order valence-corrected chi connectivity index (χ0v) is 21.4. The Kier molecular flexibility index (Phi) is 6.83.